The zero-order chi connectivity index (χ0) is 14.6. The summed E-state index contributed by atoms with van der Waals surface area (Å²) in [5.74, 6) is 2.08. The minimum absolute atomic E-state index is 0.213. The minimum Gasteiger partial charge on any atom is -0.496 e. The highest BCUT2D eigenvalue weighted by atomic mass is 16.5. The number of hydrogen-bond acceptors (Lipinski definition) is 5. The summed E-state index contributed by atoms with van der Waals surface area (Å²) in [6, 6.07) is 3.67. The molecule has 0 spiro atoms. The van der Waals surface area contributed by atoms with E-state index in [2.05, 4.69) is 18.7 Å². The summed E-state index contributed by atoms with van der Waals surface area (Å²) >= 11 is 0. The number of anilines is 1. The van der Waals surface area contributed by atoms with E-state index in [1.807, 2.05) is 19.2 Å². The van der Waals surface area contributed by atoms with Crippen molar-refractivity contribution in [3.05, 3.63) is 12.1 Å². The first-order valence-corrected chi connectivity index (χ1v) is 6.15. The van der Waals surface area contributed by atoms with E-state index in [1.54, 1.807) is 21.3 Å². The van der Waals surface area contributed by atoms with E-state index in [9.17, 15) is 0 Å². The van der Waals surface area contributed by atoms with Crippen molar-refractivity contribution in [1.29, 1.82) is 0 Å². The Bertz CT molecular complexity index is 408. The van der Waals surface area contributed by atoms with Gasteiger partial charge >= 0.3 is 0 Å². The molecule has 0 bridgehead atoms. The van der Waals surface area contributed by atoms with Gasteiger partial charge < -0.3 is 24.8 Å². The fourth-order valence-corrected chi connectivity index (χ4v) is 1.76. The first-order chi connectivity index (χ1) is 8.91. The smallest absolute Gasteiger partial charge is 0.149 e. The summed E-state index contributed by atoms with van der Waals surface area (Å²) in [7, 11) is 6.84. The molecule has 108 valence electrons. The molecule has 5 nitrogen and oxygen atoms in total. The Morgan fingerprint density at radius 2 is 1.53 bits per heavy atom. The van der Waals surface area contributed by atoms with E-state index in [0.717, 1.165) is 5.69 Å². The Hall–Kier alpha value is -1.62. The SMILES string of the molecule is COc1cc(OC)c(N(C)C(C)(C)CN)c(OC)c1. The van der Waals surface area contributed by atoms with Gasteiger partial charge in [0, 0.05) is 31.3 Å². The van der Waals surface area contributed by atoms with Gasteiger partial charge in [-0.25, -0.2) is 0 Å². The molecule has 0 fully saturated rings. The molecule has 5 heteroatoms. The van der Waals surface area contributed by atoms with Crippen molar-refractivity contribution in [2.75, 3.05) is 39.8 Å². The highest BCUT2D eigenvalue weighted by Crippen LogP contribution is 2.43. The summed E-state index contributed by atoms with van der Waals surface area (Å²) in [6.07, 6.45) is 0. The second kappa shape index (κ2) is 6.02. The average molecular weight is 268 g/mol. The largest absolute Gasteiger partial charge is 0.496 e. The van der Waals surface area contributed by atoms with Crippen molar-refractivity contribution in [2.45, 2.75) is 19.4 Å². The standard InChI is InChI=1S/C14H24N2O3/c1-14(2,9-15)16(3)13-11(18-5)7-10(17-4)8-12(13)19-6/h7-8H,9,15H2,1-6H3. The van der Waals surface area contributed by atoms with E-state index in [0.29, 0.717) is 23.8 Å². The van der Waals surface area contributed by atoms with Crippen LogP contribution < -0.4 is 24.8 Å². The number of benzene rings is 1. The van der Waals surface area contributed by atoms with Gasteiger partial charge in [-0.15, -0.1) is 0 Å². The molecule has 0 unspecified atom stereocenters. The number of nitrogens with two attached hydrogens (primary N) is 1. The van der Waals surface area contributed by atoms with Gasteiger partial charge in [0.15, 0.2) is 0 Å². The summed E-state index contributed by atoms with van der Waals surface area (Å²) in [5.41, 5.74) is 6.48. The third kappa shape index (κ3) is 3.04. The van der Waals surface area contributed by atoms with Gasteiger partial charge in [-0.3, -0.25) is 0 Å². The zero-order valence-electron chi connectivity index (χ0n) is 12.6. The summed E-state index contributed by atoms with van der Waals surface area (Å²) in [6.45, 7) is 4.65. The first kappa shape index (κ1) is 15.4. The van der Waals surface area contributed by atoms with E-state index < -0.39 is 0 Å². The lowest BCUT2D eigenvalue weighted by Crippen LogP contribution is -2.47. The normalized spacial score (nSPS) is 11.1. The Labute approximate surface area is 115 Å². The molecule has 0 radical (unpaired) electrons. The predicted molar refractivity (Wildman–Crippen MR) is 77.6 cm³/mol. The minimum atomic E-state index is -0.213. The number of likely N-dealkylation sites (N-methyl/N-ethyl adjacent to an activating group) is 1. The van der Waals surface area contributed by atoms with Crippen LogP contribution in [0.3, 0.4) is 0 Å². The van der Waals surface area contributed by atoms with Crippen LogP contribution in [-0.2, 0) is 0 Å². The van der Waals surface area contributed by atoms with Crippen LogP contribution in [0.1, 0.15) is 13.8 Å². The van der Waals surface area contributed by atoms with Crippen molar-refractivity contribution in [1.82, 2.24) is 0 Å². The molecule has 0 atom stereocenters. The van der Waals surface area contributed by atoms with Crippen LogP contribution >= 0.6 is 0 Å². The Morgan fingerprint density at radius 1 is 1.05 bits per heavy atom. The third-order valence-corrected chi connectivity index (χ3v) is 3.43. The lowest BCUT2D eigenvalue weighted by Gasteiger charge is -2.37. The summed E-state index contributed by atoms with van der Waals surface area (Å²) in [4.78, 5) is 2.06. The molecule has 2 N–H and O–H groups in total. The molecule has 0 amide bonds. The van der Waals surface area contributed by atoms with Crippen molar-refractivity contribution < 1.29 is 14.2 Å². The zero-order valence-corrected chi connectivity index (χ0v) is 12.6. The molecule has 0 aromatic heterocycles. The average Bonchev–Trinajstić information content (AvgIpc) is 2.44. The topological polar surface area (TPSA) is 57.0 Å². The first-order valence-electron chi connectivity index (χ1n) is 6.15. The molecule has 1 aromatic rings. The molecule has 0 heterocycles. The van der Waals surface area contributed by atoms with Crippen molar-refractivity contribution >= 4 is 5.69 Å². The second-order valence-corrected chi connectivity index (χ2v) is 4.96. The lowest BCUT2D eigenvalue weighted by molar-refractivity contribution is 0.370. The van der Waals surface area contributed by atoms with Crippen LogP contribution in [0.2, 0.25) is 0 Å². The molecule has 19 heavy (non-hydrogen) atoms. The summed E-state index contributed by atoms with van der Waals surface area (Å²) in [5, 5.41) is 0. The number of nitrogens with zero attached hydrogens (tertiary/aromatic N) is 1. The van der Waals surface area contributed by atoms with Gasteiger partial charge in [-0.1, -0.05) is 0 Å². The molecule has 0 aliphatic carbocycles. The molecule has 1 aromatic carbocycles. The number of rotatable bonds is 6. The van der Waals surface area contributed by atoms with Gasteiger partial charge in [0.2, 0.25) is 0 Å². The third-order valence-electron chi connectivity index (χ3n) is 3.43. The van der Waals surface area contributed by atoms with Crippen LogP contribution in [0.4, 0.5) is 5.69 Å². The molecule has 0 saturated heterocycles. The van der Waals surface area contributed by atoms with Crippen molar-refractivity contribution in [3.63, 3.8) is 0 Å². The molecule has 1 rings (SSSR count). The molecule has 0 aliphatic rings. The fourth-order valence-electron chi connectivity index (χ4n) is 1.76. The number of methoxy groups -OCH3 is 3. The fraction of sp³-hybridized carbons (Fsp3) is 0.571. The van der Waals surface area contributed by atoms with Crippen LogP contribution in [0.25, 0.3) is 0 Å². The van der Waals surface area contributed by atoms with Gasteiger partial charge in [0.1, 0.15) is 22.9 Å². The molecule has 0 saturated carbocycles. The number of ether oxygens (including phenoxy) is 3. The Morgan fingerprint density at radius 3 is 1.84 bits per heavy atom. The van der Waals surface area contributed by atoms with Gasteiger partial charge in [0.05, 0.1) is 21.3 Å². The van der Waals surface area contributed by atoms with Crippen LogP contribution in [0, 0.1) is 0 Å². The maximum absolute atomic E-state index is 5.84. The molecular formula is C14H24N2O3. The van der Waals surface area contributed by atoms with Crippen LogP contribution in [0.5, 0.6) is 17.2 Å². The monoisotopic (exact) mass is 268 g/mol. The highest BCUT2D eigenvalue weighted by Gasteiger charge is 2.27. The Balaban J connectivity index is 3.39. The quantitative estimate of drug-likeness (QED) is 0.853. The maximum atomic E-state index is 5.84. The van der Waals surface area contributed by atoms with E-state index in [-0.39, 0.29) is 5.54 Å². The molecular weight excluding hydrogens is 244 g/mol. The van der Waals surface area contributed by atoms with Crippen molar-refractivity contribution in [3.8, 4) is 17.2 Å². The predicted octanol–water partition coefficient (Wildman–Crippen LogP) is 1.89. The Kier molecular flexibility index (Phi) is 4.89. The van der Waals surface area contributed by atoms with Gasteiger partial charge in [-0.05, 0) is 13.8 Å². The van der Waals surface area contributed by atoms with Crippen LogP contribution in [-0.4, -0.2) is 40.5 Å². The second-order valence-electron chi connectivity index (χ2n) is 4.96. The van der Waals surface area contributed by atoms with Gasteiger partial charge in [-0.2, -0.15) is 0 Å². The summed E-state index contributed by atoms with van der Waals surface area (Å²) < 4.78 is 16.1. The van der Waals surface area contributed by atoms with E-state index in [1.165, 1.54) is 0 Å². The van der Waals surface area contributed by atoms with Gasteiger partial charge in [0.25, 0.3) is 0 Å². The van der Waals surface area contributed by atoms with Crippen molar-refractivity contribution in [2.24, 2.45) is 5.73 Å². The molecule has 0 aliphatic heterocycles. The highest BCUT2D eigenvalue weighted by molar-refractivity contribution is 5.71. The lowest BCUT2D eigenvalue weighted by atomic mass is 10.0. The maximum Gasteiger partial charge on any atom is 0.149 e. The van der Waals surface area contributed by atoms with E-state index in [4.69, 9.17) is 19.9 Å². The number of hydrogen-bond donors (Lipinski definition) is 1. The van der Waals surface area contributed by atoms with E-state index >= 15 is 0 Å². The van der Waals surface area contributed by atoms with Crippen LogP contribution in [0.15, 0.2) is 12.1 Å².